The molecule has 0 spiro atoms. The van der Waals surface area contributed by atoms with E-state index in [4.69, 9.17) is 4.74 Å². The Morgan fingerprint density at radius 2 is 2.11 bits per heavy atom. The van der Waals surface area contributed by atoms with Gasteiger partial charge in [-0.1, -0.05) is 6.07 Å². The summed E-state index contributed by atoms with van der Waals surface area (Å²) in [6, 6.07) is 5.61. The molecule has 1 aromatic heterocycles. The first kappa shape index (κ1) is 12.9. The molecule has 1 aliphatic carbocycles. The number of hydrogen-bond donors (Lipinski definition) is 0. The number of ether oxygens (including phenoxy) is 1. The summed E-state index contributed by atoms with van der Waals surface area (Å²) in [5, 5.41) is -0.136. The van der Waals surface area contributed by atoms with Gasteiger partial charge in [-0.15, -0.1) is 0 Å². The highest BCUT2D eigenvalue weighted by Gasteiger charge is 2.43. The lowest BCUT2D eigenvalue weighted by atomic mass is 10.3. The zero-order valence-corrected chi connectivity index (χ0v) is 11.8. The van der Waals surface area contributed by atoms with Gasteiger partial charge in [0.25, 0.3) is 0 Å². The van der Waals surface area contributed by atoms with Crippen molar-refractivity contribution in [3.63, 3.8) is 0 Å². The molecule has 5 nitrogen and oxygen atoms in total. The van der Waals surface area contributed by atoms with Gasteiger partial charge in [0, 0.05) is 18.3 Å². The largest absolute Gasteiger partial charge is 0.473 e. The van der Waals surface area contributed by atoms with Gasteiger partial charge in [-0.2, -0.15) is 4.31 Å². The average Bonchev–Trinajstić information content (AvgIpc) is 3.11. The van der Waals surface area contributed by atoms with Crippen molar-refractivity contribution < 1.29 is 13.2 Å². The van der Waals surface area contributed by atoms with Crippen molar-refractivity contribution in [3.8, 4) is 5.88 Å². The van der Waals surface area contributed by atoms with Crippen LogP contribution in [0.1, 0.15) is 25.0 Å². The van der Waals surface area contributed by atoms with Crippen LogP contribution in [0.2, 0.25) is 0 Å². The maximum Gasteiger partial charge on any atom is 0.217 e. The second-order valence-electron chi connectivity index (χ2n) is 5.25. The van der Waals surface area contributed by atoms with Gasteiger partial charge in [-0.05, 0) is 32.3 Å². The lowest BCUT2D eigenvalue weighted by molar-refractivity contribution is 0.206. The fourth-order valence-electron chi connectivity index (χ4n) is 2.36. The molecule has 3 rings (SSSR count). The molecule has 0 radical (unpaired) electrons. The normalized spacial score (nSPS) is 24.6. The minimum atomic E-state index is -3.07. The summed E-state index contributed by atoms with van der Waals surface area (Å²) in [5.41, 5.74) is 0.901. The third-order valence-corrected chi connectivity index (χ3v) is 5.93. The van der Waals surface area contributed by atoms with Crippen molar-refractivity contribution in [2.45, 2.75) is 37.5 Å². The first-order valence-corrected chi connectivity index (χ1v) is 8.15. The van der Waals surface area contributed by atoms with E-state index in [9.17, 15) is 8.42 Å². The van der Waals surface area contributed by atoms with Gasteiger partial charge in [-0.3, -0.25) is 0 Å². The number of rotatable bonds is 4. The van der Waals surface area contributed by atoms with Crippen molar-refractivity contribution in [2.75, 3.05) is 13.1 Å². The lowest BCUT2D eigenvalue weighted by Crippen LogP contribution is -2.33. The number of hydrogen-bond acceptors (Lipinski definition) is 4. The summed E-state index contributed by atoms with van der Waals surface area (Å²) in [6.07, 6.45) is 2.28. The van der Waals surface area contributed by atoms with Crippen molar-refractivity contribution in [3.05, 3.63) is 23.9 Å². The average molecular weight is 282 g/mol. The maximum atomic E-state index is 12.1. The maximum absolute atomic E-state index is 12.1. The highest BCUT2D eigenvalue weighted by molar-refractivity contribution is 7.90. The Labute approximate surface area is 113 Å². The van der Waals surface area contributed by atoms with E-state index in [0.717, 1.165) is 25.0 Å². The minimum Gasteiger partial charge on any atom is -0.473 e. The first-order chi connectivity index (χ1) is 9.05. The highest BCUT2D eigenvalue weighted by Crippen LogP contribution is 2.33. The topological polar surface area (TPSA) is 59.5 Å². The van der Waals surface area contributed by atoms with Gasteiger partial charge in [0.15, 0.2) is 0 Å². The van der Waals surface area contributed by atoms with E-state index in [0.29, 0.717) is 19.0 Å². The van der Waals surface area contributed by atoms with Crippen LogP contribution in [-0.4, -0.2) is 42.2 Å². The Hall–Kier alpha value is -1.14. The third-order valence-electron chi connectivity index (χ3n) is 3.56. The fraction of sp³-hybridized carbons (Fsp3) is 0.615. The molecule has 2 heterocycles. The second-order valence-corrected chi connectivity index (χ2v) is 7.46. The molecule has 1 aliphatic heterocycles. The molecular formula is C13H18N2O3S. The van der Waals surface area contributed by atoms with E-state index in [1.807, 2.05) is 25.1 Å². The molecule has 0 aromatic carbocycles. The highest BCUT2D eigenvalue weighted by atomic mass is 32.2. The SMILES string of the molecule is Cc1cccc(O[C@H]2CCN(S(=O)(=O)C3CC3)C2)n1. The van der Waals surface area contributed by atoms with Gasteiger partial charge < -0.3 is 4.74 Å². The third kappa shape index (κ3) is 2.74. The molecule has 104 valence electrons. The van der Waals surface area contributed by atoms with Gasteiger partial charge in [0.05, 0.1) is 11.8 Å². The number of nitrogens with zero attached hydrogens (tertiary/aromatic N) is 2. The Balaban J connectivity index is 1.63. The van der Waals surface area contributed by atoms with Crippen LogP contribution in [0.3, 0.4) is 0 Å². The van der Waals surface area contributed by atoms with Gasteiger partial charge >= 0.3 is 0 Å². The molecule has 2 fully saturated rings. The zero-order chi connectivity index (χ0) is 13.5. The van der Waals surface area contributed by atoms with Gasteiger partial charge in [0.1, 0.15) is 6.10 Å². The lowest BCUT2D eigenvalue weighted by Gasteiger charge is -2.16. The Bertz CT molecular complexity index is 569. The molecule has 0 unspecified atom stereocenters. The number of aromatic nitrogens is 1. The molecule has 0 amide bonds. The van der Waals surface area contributed by atoms with E-state index < -0.39 is 10.0 Å². The summed E-state index contributed by atoms with van der Waals surface area (Å²) in [7, 11) is -3.07. The Morgan fingerprint density at radius 1 is 1.32 bits per heavy atom. The quantitative estimate of drug-likeness (QED) is 0.836. The van der Waals surface area contributed by atoms with Crippen molar-refractivity contribution in [1.29, 1.82) is 0 Å². The molecule has 1 aromatic rings. The molecule has 1 atom stereocenters. The molecule has 0 N–H and O–H groups in total. The van der Waals surface area contributed by atoms with Crippen molar-refractivity contribution in [2.24, 2.45) is 0 Å². The molecule has 2 aliphatic rings. The second kappa shape index (κ2) is 4.76. The Morgan fingerprint density at radius 3 is 2.79 bits per heavy atom. The van der Waals surface area contributed by atoms with Gasteiger partial charge in [0.2, 0.25) is 15.9 Å². The summed E-state index contributed by atoms with van der Waals surface area (Å²) in [4.78, 5) is 4.28. The van der Waals surface area contributed by atoms with Crippen LogP contribution in [0.15, 0.2) is 18.2 Å². The number of sulfonamides is 1. The van der Waals surface area contributed by atoms with Crippen LogP contribution in [0.25, 0.3) is 0 Å². The van der Waals surface area contributed by atoms with Crippen molar-refractivity contribution in [1.82, 2.24) is 9.29 Å². The van der Waals surface area contributed by atoms with Gasteiger partial charge in [-0.25, -0.2) is 13.4 Å². The minimum absolute atomic E-state index is 0.0807. The molecule has 1 saturated heterocycles. The molecule has 6 heteroatoms. The predicted octanol–water partition coefficient (Wildman–Crippen LogP) is 1.34. The smallest absolute Gasteiger partial charge is 0.217 e. The number of aryl methyl sites for hydroxylation is 1. The van der Waals surface area contributed by atoms with Crippen LogP contribution in [0.5, 0.6) is 5.88 Å². The fourth-order valence-corrected chi connectivity index (χ4v) is 4.24. The predicted molar refractivity (Wildman–Crippen MR) is 71.5 cm³/mol. The standard InChI is InChI=1S/C13H18N2O3S/c1-10-3-2-4-13(14-10)18-11-7-8-15(9-11)19(16,17)12-5-6-12/h2-4,11-12H,5-9H2,1H3/t11-/m0/s1. The molecule has 0 bridgehead atoms. The summed E-state index contributed by atoms with van der Waals surface area (Å²) < 4.78 is 31.5. The van der Waals surface area contributed by atoms with Crippen LogP contribution in [0.4, 0.5) is 0 Å². The Kier molecular flexibility index (Phi) is 3.22. The van der Waals surface area contributed by atoms with Crippen LogP contribution >= 0.6 is 0 Å². The van der Waals surface area contributed by atoms with Crippen LogP contribution < -0.4 is 4.74 Å². The zero-order valence-electron chi connectivity index (χ0n) is 10.9. The van der Waals surface area contributed by atoms with E-state index in [1.165, 1.54) is 0 Å². The summed E-state index contributed by atoms with van der Waals surface area (Å²) >= 11 is 0. The number of pyridine rings is 1. The first-order valence-electron chi connectivity index (χ1n) is 6.65. The van der Waals surface area contributed by atoms with E-state index in [-0.39, 0.29) is 11.4 Å². The van der Waals surface area contributed by atoms with E-state index in [1.54, 1.807) is 4.31 Å². The molecule has 1 saturated carbocycles. The van der Waals surface area contributed by atoms with E-state index >= 15 is 0 Å². The molecule has 19 heavy (non-hydrogen) atoms. The monoisotopic (exact) mass is 282 g/mol. The molecular weight excluding hydrogens is 264 g/mol. The van der Waals surface area contributed by atoms with E-state index in [2.05, 4.69) is 4.98 Å². The van der Waals surface area contributed by atoms with Crippen LogP contribution in [0, 0.1) is 6.92 Å². The summed E-state index contributed by atoms with van der Waals surface area (Å²) in [5.74, 6) is 0.579. The van der Waals surface area contributed by atoms with Crippen LogP contribution in [-0.2, 0) is 10.0 Å². The van der Waals surface area contributed by atoms with Crippen molar-refractivity contribution >= 4 is 10.0 Å². The summed E-state index contributed by atoms with van der Waals surface area (Å²) in [6.45, 7) is 2.93.